The van der Waals surface area contributed by atoms with Gasteiger partial charge in [-0.25, -0.2) is 8.42 Å². The first-order valence-corrected chi connectivity index (χ1v) is 14.4. The number of likely N-dealkylation sites (tertiary alicyclic amines) is 1. The number of halogens is 4. The number of alkyl halides is 3. The van der Waals surface area contributed by atoms with E-state index in [-0.39, 0.29) is 9.92 Å². The summed E-state index contributed by atoms with van der Waals surface area (Å²) in [7, 11) is -4.23. The number of nitrogens with one attached hydrogen (secondary N) is 2. The van der Waals surface area contributed by atoms with Crippen LogP contribution in [0.4, 0.5) is 18.9 Å². The highest BCUT2D eigenvalue weighted by atomic mass is 35.5. The average molecular weight is 574 g/mol. The van der Waals surface area contributed by atoms with Gasteiger partial charge in [0.15, 0.2) is 9.84 Å². The van der Waals surface area contributed by atoms with E-state index in [0.717, 1.165) is 23.7 Å². The first-order valence-electron chi connectivity index (χ1n) is 12.4. The van der Waals surface area contributed by atoms with Crippen molar-refractivity contribution in [3.8, 4) is 6.07 Å². The topological polar surface area (TPSA) is 123 Å². The smallest absolute Gasteiger partial charge is 0.369 e. The maximum Gasteiger partial charge on any atom is 0.403 e. The Kier molecular flexibility index (Phi) is 6.60. The van der Waals surface area contributed by atoms with Gasteiger partial charge in [-0.2, -0.15) is 18.4 Å². The maximum absolute atomic E-state index is 13.8. The summed E-state index contributed by atoms with van der Waals surface area (Å²) in [6.45, 7) is 2.37. The molecule has 206 valence electrons. The van der Waals surface area contributed by atoms with Gasteiger partial charge in [-0.3, -0.25) is 9.59 Å². The Balaban J connectivity index is 1.43. The van der Waals surface area contributed by atoms with Crippen LogP contribution in [0.25, 0.3) is 0 Å². The van der Waals surface area contributed by atoms with Crippen LogP contribution >= 0.6 is 11.6 Å². The van der Waals surface area contributed by atoms with Crippen molar-refractivity contribution in [2.45, 2.75) is 60.0 Å². The second kappa shape index (κ2) is 9.27. The van der Waals surface area contributed by atoms with Gasteiger partial charge in [0.25, 0.3) is 0 Å². The Morgan fingerprint density at radius 2 is 1.82 bits per heavy atom. The number of piperazine rings is 1. The van der Waals surface area contributed by atoms with Crippen molar-refractivity contribution in [1.82, 2.24) is 15.5 Å². The molecule has 4 aliphatic rings. The molecule has 2 aliphatic carbocycles. The quantitative estimate of drug-likeness (QED) is 0.534. The van der Waals surface area contributed by atoms with E-state index in [1.54, 1.807) is 6.07 Å². The standard InChI is InChI=1S/C24H27ClF3N5O4S/c25-17-11-15(32-9-7-30-8-10-32)1-2-19(17)38(36,37)16-12-18(20(34)31-22(14-29)3-4-22)33(13-16)21(35)23(5-6-23)24(26,27)28/h1-2,11,16,18,30H,3-10,12-13H2,(H,31,34). The van der Waals surface area contributed by atoms with E-state index in [1.165, 1.54) is 12.1 Å². The van der Waals surface area contributed by atoms with E-state index in [0.29, 0.717) is 25.9 Å². The molecule has 4 fully saturated rings. The van der Waals surface area contributed by atoms with Crippen LogP contribution in [0.2, 0.25) is 5.02 Å². The summed E-state index contributed by atoms with van der Waals surface area (Å²) in [6, 6.07) is 5.04. The number of sulfone groups is 1. The lowest BCUT2D eigenvalue weighted by Gasteiger charge is -2.30. The van der Waals surface area contributed by atoms with Gasteiger partial charge in [0.05, 0.1) is 21.2 Å². The number of anilines is 1. The second-order valence-electron chi connectivity index (χ2n) is 10.5. The molecule has 1 aromatic carbocycles. The summed E-state index contributed by atoms with van der Waals surface area (Å²) >= 11 is 6.40. The molecule has 0 bridgehead atoms. The molecule has 0 spiro atoms. The van der Waals surface area contributed by atoms with Crippen molar-refractivity contribution in [1.29, 1.82) is 5.26 Å². The summed E-state index contributed by atoms with van der Waals surface area (Å²) in [6.07, 6.45) is -5.31. The van der Waals surface area contributed by atoms with Crippen molar-refractivity contribution in [3.63, 3.8) is 0 Å². The molecule has 2 aliphatic heterocycles. The zero-order chi connectivity index (χ0) is 27.5. The summed E-state index contributed by atoms with van der Waals surface area (Å²) in [5, 5.41) is 13.7. The molecule has 9 nitrogen and oxygen atoms in total. The van der Waals surface area contributed by atoms with Gasteiger partial charge in [-0.1, -0.05) is 11.6 Å². The molecule has 2 atom stereocenters. The van der Waals surface area contributed by atoms with Crippen molar-refractivity contribution in [2.75, 3.05) is 37.6 Å². The SMILES string of the molecule is N#CC1(NC(=O)C2CC(S(=O)(=O)c3ccc(N4CCNCC4)cc3Cl)CN2C(=O)C2(C(F)(F)F)CC2)CC1. The summed E-state index contributed by atoms with van der Waals surface area (Å²) in [4.78, 5) is 28.9. The van der Waals surface area contributed by atoms with Crippen LogP contribution in [-0.4, -0.2) is 80.9 Å². The van der Waals surface area contributed by atoms with Gasteiger partial charge in [-0.05, 0) is 50.3 Å². The van der Waals surface area contributed by atoms with Crippen LogP contribution in [0.3, 0.4) is 0 Å². The maximum atomic E-state index is 13.8. The second-order valence-corrected chi connectivity index (χ2v) is 13.1. The zero-order valence-electron chi connectivity index (χ0n) is 20.4. The molecule has 2 heterocycles. The van der Waals surface area contributed by atoms with Gasteiger partial charge in [0, 0.05) is 38.4 Å². The molecule has 2 unspecified atom stereocenters. The highest BCUT2D eigenvalue weighted by Gasteiger charge is 2.70. The fraction of sp³-hybridized carbons (Fsp3) is 0.625. The van der Waals surface area contributed by atoms with E-state index in [4.69, 9.17) is 11.6 Å². The van der Waals surface area contributed by atoms with E-state index in [1.807, 2.05) is 11.0 Å². The molecule has 2 amide bonds. The number of amides is 2. The molecule has 14 heteroatoms. The van der Waals surface area contributed by atoms with E-state index in [9.17, 15) is 36.4 Å². The molecule has 0 radical (unpaired) electrons. The Labute approximate surface area is 223 Å². The molecule has 5 rings (SSSR count). The molecule has 2 N–H and O–H groups in total. The van der Waals surface area contributed by atoms with Gasteiger partial charge >= 0.3 is 6.18 Å². The number of benzene rings is 1. The van der Waals surface area contributed by atoms with Gasteiger partial charge in [0.2, 0.25) is 11.8 Å². The third-order valence-corrected chi connectivity index (χ3v) is 10.6. The minimum atomic E-state index is -4.82. The zero-order valence-corrected chi connectivity index (χ0v) is 21.9. The first-order chi connectivity index (χ1) is 17.8. The number of nitriles is 1. The fourth-order valence-corrected chi connectivity index (χ4v) is 7.48. The normalized spacial score (nSPS) is 26.0. The largest absolute Gasteiger partial charge is 0.403 e. The molecule has 0 aromatic heterocycles. The van der Waals surface area contributed by atoms with Crippen molar-refractivity contribution < 1.29 is 31.2 Å². The minimum Gasteiger partial charge on any atom is -0.369 e. The van der Waals surface area contributed by atoms with Crippen LogP contribution in [0.5, 0.6) is 0 Å². The summed E-state index contributed by atoms with van der Waals surface area (Å²) in [5.74, 6) is -2.13. The van der Waals surface area contributed by atoms with Gasteiger partial charge in [0.1, 0.15) is 17.0 Å². The Bertz CT molecular complexity index is 1300. The lowest BCUT2D eigenvalue weighted by Crippen LogP contribution is -2.53. The van der Waals surface area contributed by atoms with Crippen LogP contribution in [0.15, 0.2) is 23.1 Å². The van der Waals surface area contributed by atoms with E-state index >= 15 is 0 Å². The molecule has 1 aromatic rings. The van der Waals surface area contributed by atoms with E-state index < -0.39 is 75.9 Å². The number of carbonyl (C=O) groups excluding carboxylic acids is 2. The van der Waals surface area contributed by atoms with Crippen LogP contribution in [0.1, 0.15) is 32.1 Å². The molecule has 2 saturated heterocycles. The predicted molar refractivity (Wildman–Crippen MR) is 131 cm³/mol. The number of carbonyl (C=O) groups is 2. The monoisotopic (exact) mass is 573 g/mol. The lowest BCUT2D eigenvalue weighted by molar-refractivity contribution is -0.199. The van der Waals surface area contributed by atoms with E-state index in [2.05, 4.69) is 10.6 Å². The van der Waals surface area contributed by atoms with Crippen LogP contribution in [-0.2, 0) is 19.4 Å². The van der Waals surface area contributed by atoms with Crippen molar-refractivity contribution in [3.05, 3.63) is 23.2 Å². The van der Waals surface area contributed by atoms with Crippen molar-refractivity contribution in [2.24, 2.45) is 5.41 Å². The first kappa shape index (κ1) is 27.0. The van der Waals surface area contributed by atoms with Gasteiger partial charge in [-0.15, -0.1) is 0 Å². The van der Waals surface area contributed by atoms with Crippen LogP contribution in [0, 0.1) is 16.7 Å². The Hall–Kier alpha value is -2.56. The number of nitrogens with zero attached hydrogens (tertiary/aromatic N) is 3. The lowest BCUT2D eigenvalue weighted by atomic mass is 10.0. The van der Waals surface area contributed by atoms with Crippen LogP contribution < -0.4 is 15.5 Å². The Morgan fingerprint density at radius 1 is 1.16 bits per heavy atom. The number of rotatable bonds is 6. The average Bonchev–Trinajstić information content (AvgIpc) is 3.80. The summed E-state index contributed by atoms with van der Waals surface area (Å²) in [5.41, 5.74) is -3.00. The predicted octanol–water partition coefficient (Wildman–Crippen LogP) is 2.01. The highest BCUT2D eigenvalue weighted by molar-refractivity contribution is 7.92. The fourth-order valence-electron chi connectivity index (χ4n) is 5.24. The van der Waals surface area contributed by atoms with Gasteiger partial charge < -0.3 is 20.4 Å². The third kappa shape index (κ3) is 4.60. The molecular weight excluding hydrogens is 547 g/mol. The van der Waals surface area contributed by atoms with Crippen molar-refractivity contribution >= 4 is 38.9 Å². The summed E-state index contributed by atoms with van der Waals surface area (Å²) < 4.78 is 68.6. The molecular formula is C24H27ClF3N5O4S. The molecule has 2 saturated carbocycles. The number of hydrogen-bond donors (Lipinski definition) is 2. The highest BCUT2D eigenvalue weighted by Crippen LogP contribution is 2.59. The number of hydrogen-bond acceptors (Lipinski definition) is 7. The molecule has 38 heavy (non-hydrogen) atoms. The third-order valence-electron chi connectivity index (χ3n) is 8.00. The minimum absolute atomic E-state index is 0.0396. The Morgan fingerprint density at radius 3 is 2.34 bits per heavy atom.